The summed E-state index contributed by atoms with van der Waals surface area (Å²) in [4.78, 5) is 12.8. The Kier molecular flexibility index (Phi) is 4.25. The van der Waals surface area contributed by atoms with Crippen molar-refractivity contribution in [1.82, 2.24) is 15.0 Å². The summed E-state index contributed by atoms with van der Waals surface area (Å²) in [6.07, 6.45) is 0.924. The molecule has 0 saturated heterocycles. The van der Waals surface area contributed by atoms with E-state index in [1.165, 1.54) is 0 Å². The minimum Gasteiger partial charge on any atom is -0.463 e. The van der Waals surface area contributed by atoms with E-state index in [-0.39, 0.29) is 0 Å². The SMILES string of the molecule is CCCOc1nc(NC)nc(NCC2C(C)(C)C2(C)C)n1. The standard InChI is InChI=1S/C15H27N5O/c1-7-8-21-13-19-11(16-6)18-12(20-13)17-9-10-14(2,3)15(10,4)5/h10H,7-9H2,1-6H3,(H2,16,17,18,19,20). The van der Waals surface area contributed by atoms with Gasteiger partial charge in [-0.15, -0.1) is 0 Å². The monoisotopic (exact) mass is 293 g/mol. The molecule has 0 spiro atoms. The summed E-state index contributed by atoms with van der Waals surface area (Å²) in [6, 6.07) is 0.369. The van der Waals surface area contributed by atoms with Gasteiger partial charge in [-0.05, 0) is 23.2 Å². The van der Waals surface area contributed by atoms with Crippen molar-refractivity contribution in [3.63, 3.8) is 0 Å². The summed E-state index contributed by atoms with van der Waals surface area (Å²) >= 11 is 0. The fourth-order valence-electron chi connectivity index (χ4n) is 2.84. The van der Waals surface area contributed by atoms with Gasteiger partial charge in [0.2, 0.25) is 11.9 Å². The third kappa shape index (κ3) is 3.04. The maximum Gasteiger partial charge on any atom is 0.323 e. The van der Waals surface area contributed by atoms with E-state index < -0.39 is 0 Å². The van der Waals surface area contributed by atoms with E-state index >= 15 is 0 Å². The minimum atomic E-state index is 0.348. The number of aromatic nitrogens is 3. The molecule has 6 heteroatoms. The van der Waals surface area contributed by atoms with Crippen LogP contribution in [-0.2, 0) is 0 Å². The first kappa shape index (κ1) is 15.8. The molecule has 0 amide bonds. The molecule has 118 valence electrons. The average Bonchev–Trinajstić information content (AvgIpc) is 2.83. The fourth-order valence-corrected chi connectivity index (χ4v) is 2.84. The second-order valence-corrected chi connectivity index (χ2v) is 6.74. The number of ether oxygens (including phenoxy) is 1. The van der Waals surface area contributed by atoms with Crippen molar-refractivity contribution in [3.8, 4) is 6.01 Å². The summed E-state index contributed by atoms with van der Waals surface area (Å²) in [5.41, 5.74) is 0.695. The van der Waals surface area contributed by atoms with Crippen LogP contribution in [0.3, 0.4) is 0 Å². The first-order chi connectivity index (χ1) is 9.82. The van der Waals surface area contributed by atoms with Crippen LogP contribution in [-0.4, -0.2) is 35.2 Å². The van der Waals surface area contributed by atoms with Crippen LogP contribution in [0.5, 0.6) is 6.01 Å². The third-order valence-electron chi connectivity index (χ3n) is 5.06. The molecule has 21 heavy (non-hydrogen) atoms. The Morgan fingerprint density at radius 3 is 2.19 bits per heavy atom. The third-order valence-corrected chi connectivity index (χ3v) is 5.06. The van der Waals surface area contributed by atoms with Crippen molar-refractivity contribution in [2.75, 3.05) is 30.8 Å². The Balaban J connectivity index is 2.03. The molecule has 0 atom stereocenters. The molecule has 1 fully saturated rings. The molecule has 0 bridgehead atoms. The number of hydrogen-bond acceptors (Lipinski definition) is 6. The first-order valence-electron chi connectivity index (χ1n) is 7.63. The van der Waals surface area contributed by atoms with Gasteiger partial charge in [0.1, 0.15) is 0 Å². The fraction of sp³-hybridized carbons (Fsp3) is 0.800. The highest BCUT2D eigenvalue weighted by Gasteiger charge is 2.64. The summed E-state index contributed by atoms with van der Waals surface area (Å²) in [5.74, 6) is 1.70. The van der Waals surface area contributed by atoms with Gasteiger partial charge in [0, 0.05) is 13.6 Å². The number of rotatable bonds is 7. The summed E-state index contributed by atoms with van der Waals surface area (Å²) < 4.78 is 5.50. The van der Waals surface area contributed by atoms with Gasteiger partial charge in [-0.2, -0.15) is 15.0 Å². The number of nitrogens with zero attached hydrogens (tertiary/aromatic N) is 3. The van der Waals surface area contributed by atoms with Crippen LogP contribution >= 0.6 is 0 Å². The topological polar surface area (TPSA) is 72.0 Å². The lowest BCUT2D eigenvalue weighted by Gasteiger charge is -2.09. The second-order valence-electron chi connectivity index (χ2n) is 6.74. The van der Waals surface area contributed by atoms with Crippen molar-refractivity contribution in [2.45, 2.75) is 41.0 Å². The van der Waals surface area contributed by atoms with Crippen molar-refractivity contribution < 1.29 is 4.74 Å². The van der Waals surface area contributed by atoms with Gasteiger partial charge in [0.05, 0.1) is 6.61 Å². The van der Waals surface area contributed by atoms with E-state index in [9.17, 15) is 0 Å². The van der Waals surface area contributed by atoms with Gasteiger partial charge in [-0.1, -0.05) is 34.6 Å². The highest BCUT2D eigenvalue weighted by atomic mass is 16.5. The molecular weight excluding hydrogens is 266 g/mol. The molecule has 2 N–H and O–H groups in total. The molecule has 0 radical (unpaired) electrons. The normalized spacial score (nSPS) is 19.1. The van der Waals surface area contributed by atoms with Crippen molar-refractivity contribution in [3.05, 3.63) is 0 Å². The Morgan fingerprint density at radius 1 is 1.05 bits per heavy atom. The maximum atomic E-state index is 5.50. The van der Waals surface area contributed by atoms with Gasteiger partial charge in [-0.3, -0.25) is 0 Å². The van der Waals surface area contributed by atoms with E-state index in [0.29, 0.717) is 41.3 Å². The molecule has 0 unspecified atom stereocenters. The second kappa shape index (κ2) is 5.66. The van der Waals surface area contributed by atoms with Crippen LogP contribution in [0.15, 0.2) is 0 Å². The molecular formula is C15H27N5O. The van der Waals surface area contributed by atoms with Crippen molar-refractivity contribution in [2.24, 2.45) is 16.7 Å². The van der Waals surface area contributed by atoms with Crippen LogP contribution in [0.25, 0.3) is 0 Å². The summed E-state index contributed by atoms with van der Waals surface area (Å²) in [7, 11) is 1.79. The Labute approximate surface area is 127 Å². The Bertz CT molecular complexity index is 487. The van der Waals surface area contributed by atoms with Crippen molar-refractivity contribution >= 4 is 11.9 Å². The van der Waals surface area contributed by atoms with E-state index in [1.54, 1.807) is 7.05 Å². The molecule has 1 aromatic heterocycles. The van der Waals surface area contributed by atoms with E-state index in [4.69, 9.17) is 4.74 Å². The van der Waals surface area contributed by atoms with Gasteiger partial charge >= 0.3 is 6.01 Å². The molecule has 1 aliphatic rings. The minimum absolute atomic E-state index is 0.348. The zero-order chi connectivity index (χ0) is 15.7. The molecule has 0 aliphatic heterocycles. The average molecular weight is 293 g/mol. The maximum absolute atomic E-state index is 5.50. The molecule has 0 aromatic carbocycles. The van der Waals surface area contributed by atoms with E-state index in [0.717, 1.165) is 13.0 Å². The lowest BCUT2D eigenvalue weighted by Crippen LogP contribution is -2.13. The molecule has 1 aliphatic carbocycles. The number of anilines is 2. The zero-order valence-corrected chi connectivity index (χ0v) is 13.9. The smallest absolute Gasteiger partial charge is 0.323 e. The highest BCUT2D eigenvalue weighted by molar-refractivity contribution is 5.36. The molecule has 6 nitrogen and oxygen atoms in total. The van der Waals surface area contributed by atoms with Crippen LogP contribution in [0.4, 0.5) is 11.9 Å². The molecule has 1 heterocycles. The number of nitrogens with one attached hydrogen (secondary N) is 2. The lowest BCUT2D eigenvalue weighted by atomic mass is 10.0. The van der Waals surface area contributed by atoms with Gasteiger partial charge in [0.25, 0.3) is 0 Å². The molecule has 1 saturated carbocycles. The molecule has 2 rings (SSSR count). The predicted octanol–water partition coefficient (Wildman–Crippen LogP) is 2.80. The van der Waals surface area contributed by atoms with E-state index in [1.807, 2.05) is 0 Å². The van der Waals surface area contributed by atoms with Gasteiger partial charge < -0.3 is 15.4 Å². The molecule has 1 aromatic rings. The van der Waals surface area contributed by atoms with Crippen LogP contribution in [0, 0.1) is 16.7 Å². The van der Waals surface area contributed by atoms with Crippen LogP contribution in [0.2, 0.25) is 0 Å². The first-order valence-corrected chi connectivity index (χ1v) is 7.63. The quantitative estimate of drug-likeness (QED) is 0.805. The lowest BCUT2D eigenvalue weighted by molar-refractivity contribution is 0.292. The van der Waals surface area contributed by atoms with E-state index in [2.05, 4.69) is 60.2 Å². The van der Waals surface area contributed by atoms with Crippen LogP contribution < -0.4 is 15.4 Å². The zero-order valence-electron chi connectivity index (χ0n) is 13.9. The van der Waals surface area contributed by atoms with Gasteiger partial charge in [0.15, 0.2) is 0 Å². The van der Waals surface area contributed by atoms with Crippen LogP contribution in [0.1, 0.15) is 41.0 Å². The predicted molar refractivity (Wildman–Crippen MR) is 84.7 cm³/mol. The Hall–Kier alpha value is -1.59. The van der Waals surface area contributed by atoms with Crippen molar-refractivity contribution in [1.29, 1.82) is 0 Å². The van der Waals surface area contributed by atoms with Gasteiger partial charge in [-0.25, -0.2) is 0 Å². The Morgan fingerprint density at radius 2 is 1.67 bits per heavy atom. The largest absolute Gasteiger partial charge is 0.463 e. The number of hydrogen-bond donors (Lipinski definition) is 2. The summed E-state index contributed by atoms with van der Waals surface area (Å²) in [5, 5.41) is 6.26. The highest BCUT2D eigenvalue weighted by Crippen LogP contribution is 2.68. The summed E-state index contributed by atoms with van der Waals surface area (Å²) in [6.45, 7) is 12.7.